The Kier molecular flexibility index (Phi) is 5.67. The van der Waals surface area contributed by atoms with Gasteiger partial charge in [-0.05, 0) is 55.4 Å². The van der Waals surface area contributed by atoms with Crippen molar-refractivity contribution in [3.63, 3.8) is 0 Å². The van der Waals surface area contributed by atoms with Crippen LogP contribution in [0.4, 0.5) is 4.79 Å². The maximum atomic E-state index is 12.9. The summed E-state index contributed by atoms with van der Waals surface area (Å²) >= 11 is 0. The van der Waals surface area contributed by atoms with Gasteiger partial charge in [-0.2, -0.15) is 0 Å². The number of carboxylic acid groups (broad SMARTS) is 1. The summed E-state index contributed by atoms with van der Waals surface area (Å²) in [6.07, 6.45) is 0.937. The van der Waals surface area contributed by atoms with Gasteiger partial charge in [-0.25, -0.2) is 4.79 Å². The lowest BCUT2D eigenvalue weighted by molar-refractivity contribution is -0.139. The summed E-state index contributed by atoms with van der Waals surface area (Å²) in [7, 11) is 0. The fourth-order valence-electron chi connectivity index (χ4n) is 4.62. The van der Waals surface area contributed by atoms with Crippen LogP contribution in [0.3, 0.4) is 0 Å². The van der Waals surface area contributed by atoms with Crippen LogP contribution in [-0.4, -0.2) is 40.8 Å². The van der Waals surface area contributed by atoms with Crippen molar-refractivity contribution in [2.75, 3.05) is 6.61 Å². The van der Waals surface area contributed by atoms with Gasteiger partial charge in [0.15, 0.2) is 0 Å². The second kappa shape index (κ2) is 8.30. The highest BCUT2D eigenvalue weighted by atomic mass is 16.5. The number of hydrogen-bond acceptors (Lipinski definition) is 4. The Hall–Kier alpha value is -3.35. The smallest absolute Gasteiger partial charge is 0.408 e. The predicted octanol–water partition coefficient (Wildman–Crippen LogP) is 3.82. The summed E-state index contributed by atoms with van der Waals surface area (Å²) in [5.41, 5.74) is 2.55. The Morgan fingerprint density at radius 3 is 2.09 bits per heavy atom. The highest BCUT2D eigenvalue weighted by Gasteiger charge is 2.47. The maximum absolute atomic E-state index is 12.9. The molecule has 0 aromatic heterocycles. The van der Waals surface area contributed by atoms with Crippen molar-refractivity contribution in [1.82, 2.24) is 10.6 Å². The SMILES string of the molecule is CC(C)(CC(=O)O)NC(=O)C1(NC(=O)OCC2c3ccccc3-c3ccccc32)CCC1. The molecule has 7 nitrogen and oxygen atoms in total. The number of carboxylic acids is 1. The van der Waals surface area contributed by atoms with Crippen LogP contribution >= 0.6 is 0 Å². The molecule has 1 saturated carbocycles. The van der Waals surface area contributed by atoms with Gasteiger partial charge in [0, 0.05) is 11.5 Å². The Balaban J connectivity index is 1.41. The van der Waals surface area contributed by atoms with Gasteiger partial charge in [0.05, 0.1) is 6.42 Å². The monoisotopic (exact) mass is 436 g/mol. The lowest BCUT2D eigenvalue weighted by atomic mass is 9.75. The molecule has 4 rings (SSSR count). The molecule has 2 amide bonds. The summed E-state index contributed by atoms with van der Waals surface area (Å²) in [6, 6.07) is 16.2. The first-order valence-electron chi connectivity index (χ1n) is 10.9. The van der Waals surface area contributed by atoms with Gasteiger partial charge >= 0.3 is 12.1 Å². The van der Waals surface area contributed by atoms with Crippen LogP contribution < -0.4 is 10.6 Å². The molecule has 0 atom stereocenters. The molecule has 0 unspecified atom stereocenters. The topological polar surface area (TPSA) is 105 Å². The Morgan fingerprint density at radius 1 is 1.03 bits per heavy atom. The zero-order chi connectivity index (χ0) is 22.9. The van der Waals surface area contributed by atoms with Crippen molar-refractivity contribution in [2.45, 2.75) is 56.5 Å². The van der Waals surface area contributed by atoms with Crippen LogP contribution in [0.25, 0.3) is 11.1 Å². The Labute approximate surface area is 187 Å². The molecule has 7 heteroatoms. The Bertz CT molecular complexity index is 1010. The second-order valence-electron chi connectivity index (χ2n) is 9.29. The summed E-state index contributed by atoms with van der Waals surface area (Å²) in [5.74, 6) is -1.43. The molecule has 32 heavy (non-hydrogen) atoms. The van der Waals surface area contributed by atoms with Gasteiger partial charge in [0.2, 0.25) is 5.91 Å². The van der Waals surface area contributed by atoms with E-state index in [4.69, 9.17) is 9.84 Å². The van der Waals surface area contributed by atoms with E-state index >= 15 is 0 Å². The summed E-state index contributed by atoms with van der Waals surface area (Å²) in [6.45, 7) is 3.47. The number of carbonyl (C=O) groups excluding carboxylic acids is 2. The molecular weight excluding hydrogens is 408 g/mol. The number of amides is 2. The zero-order valence-electron chi connectivity index (χ0n) is 18.3. The van der Waals surface area contributed by atoms with Gasteiger partial charge in [-0.1, -0.05) is 48.5 Å². The van der Waals surface area contributed by atoms with E-state index in [0.29, 0.717) is 12.8 Å². The van der Waals surface area contributed by atoms with Crippen LogP contribution in [-0.2, 0) is 14.3 Å². The third-order valence-corrected chi connectivity index (χ3v) is 6.37. The lowest BCUT2D eigenvalue weighted by Gasteiger charge is -2.42. The molecule has 2 aromatic carbocycles. The number of rotatable bonds is 7. The first-order chi connectivity index (χ1) is 15.2. The molecular formula is C25H28N2O5. The van der Waals surface area contributed by atoms with E-state index in [1.807, 2.05) is 36.4 Å². The van der Waals surface area contributed by atoms with Gasteiger partial charge < -0.3 is 20.5 Å². The van der Waals surface area contributed by atoms with E-state index in [1.54, 1.807) is 13.8 Å². The summed E-state index contributed by atoms with van der Waals surface area (Å²) in [5, 5.41) is 14.6. The highest BCUT2D eigenvalue weighted by molar-refractivity contribution is 5.91. The standard InChI is InChI=1S/C25H28N2O5/c1-24(2,14-21(28)29)26-22(30)25(12-7-13-25)27-23(31)32-15-20-18-10-5-3-8-16(18)17-9-4-6-11-19(17)20/h3-6,8-11,20H,7,12-15H2,1-2H3,(H,26,30)(H,27,31)(H,28,29). The van der Waals surface area contributed by atoms with Crippen LogP contribution in [0.15, 0.2) is 48.5 Å². The number of hydrogen-bond donors (Lipinski definition) is 3. The van der Waals surface area contributed by atoms with Gasteiger partial charge in [0.25, 0.3) is 0 Å². The van der Waals surface area contributed by atoms with Crippen LogP contribution in [0.1, 0.15) is 56.6 Å². The summed E-state index contributed by atoms with van der Waals surface area (Å²) in [4.78, 5) is 36.6. The molecule has 1 fully saturated rings. The molecule has 0 spiro atoms. The third kappa shape index (κ3) is 4.20. The first kappa shape index (κ1) is 21.9. The number of benzene rings is 2. The lowest BCUT2D eigenvalue weighted by Crippen LogP contribution is -2.65. The second-order valence-corrected chi connectivity index (χ2v) is 9.29. The molecule has 3 N–H and O–H groups in total. The van der Waals surface area contributed by atoms with Crippen molar-refractivity contribution < 1.29 is 24.2 Å². The van der Waals surface area contributed by atoms with E-state index in [9.17, 15) is 14.4 Å². The van der Waals surface area contributed by atoms with Crippen LogP contribution in [0, 0.1) is 0 Å². The van der Waals surface area contributed by atoms with E-state index in [0.717, 1.165) is 28.7 Å². The number of aliphatic carboxylic acids is 1. The largest absolute Gasteiger partial charge is 0.481 e. The molecule has 168 valence electrons. The fourth-order valence-corrected chi connectivity index (χ4v) is 4.62. The minimum Gasteiger partial charge on any atom is -0.481 e. The molecule has 0 heterocycles. The number of fused-ring (bicyclic) bond motifs is 3. The molecule has 2 aliphatic carbocycles. The van der Waals surface area contributed by atoms with Gasteiger partial charge in [-0.15, -0.1) is 0 Å². The first-order valence-corrected chi connectivity index (χ1v) is 10.9. The van der Waals surface area contributed by atoms with Crippen molar-refractivity contribution in [3.8, 4) is 11.1 Å². The summed E-state index contributed by atoms with van der Waals surface area (Å²) < 4.78 is 5.59. The van der Waals surface area contributed by atoms with Crippen molar-refractivity contribution in [2.24, 2.45) is 0 Å². The highest BCUT2D eigenvalue weighted by Crippen LogP contribution is 2.44. The van der Waals surface area contributed by atoms with Gasteiger partial charge in [0.1, 0.15) is 12.1 Å². The average Bonchev–Trinajstić information content (AvgIpc) is 3.01. The minimum absolute atomic E-state index is 0.0613. The van der Waals surface area contributed by atoms with E-state index in [1.165, 1.54) is 0 Å². The maximum Gasteiger partial charge on any atom is 0.408 e. The minimum atomic E-state index is -1.06. The van der Waals surface area contributed by atoms with E-state index < -0.39 is 23.1 Å². The predicted molar refractivity (Wildman–Crippen MR) is 119 cm³/mol. The van der Waals surface area contributed by atoms with Crippen molar-refractivity contribution >= 4 is 18.0 Å². The number of ether oxygens (including phenoxy) is 1. The molecule has 0 saturated heterocycles. The van der Waals surface area contributed by atoms with Crippen molar-refractivity contribution in [3.05, 3.63) is 59.7 Å². The average molecular weight is 437 g/mol. The number of nitrogens with one attached hydrogen (secondary N) is 2. The number of alkyl carbamates (subject to hydrolysis) is 1. The third-order valence-electron chi connectivity index (χ3n) is 6.37. The molecule has 2 aromatic rings. The van der Waals surface area contributed by atoms with E-state index in [2.05, 4.69) is 22.8 Å². The molecule has 0 bridgehead atoms. The van der Waals surface area contributed by atoms with Crippen LogP contribution in [0.2, 0.25) is 0 Å². The molecule has 2 aliphatic rings. The van der Waals surface area contributed by atoms with Crippen molar-refractivity contribution in [1.29, 1.82) is 0 Å². The number of carbonyl (C=O) groups is 3. The van der Waals surface area contributed by atoms with Crippen LogP contribution in [0.5, 0.6) is 0 Å². The Morgan fingerprint density at radius 2 is 1.59 bits per heavy atom. The molecule has 0 radical (unpaired) electrons. The normalized spacial score (nSPS) is 16.3. The zero-order valence-corrected chi connectivity index (χ0v) is 18.3. The van der Waals surface area contributed by atoms with E-state index in [-0.39, 0.29) is 24.9 Å². The molecule has 0 aliphatic heterocycles. The van der Waals surface area contributed by atoms with Gasteiger partial charge in [-0.3, -0.25) is 9.59 Å². The quantitative estimate of drug-likeness (QED) is 0.612. The fraction of sp³-hybridized carbons (Fsp3) is 0.400.